The summed E-state index contributed by atoms with van der Waals surface area (Å²) in [6, 6.07) is 15.0. The number of nitrogens with zero attached hydrogens (tertiary/aromatic N) is 2. The SMILES string of the molecule is COC(=O)c1ccc(-c2nc(CN3CCC(=O)Nc4ccccc43)cs2)cc1. The van der Waals surface area contributed by atoms with E-state index < -0.39 is 0 Å². The monoisotopic (exact) mass is 393 g/mol. The molecule has 0 fully saturated rings. The Morgan fingerprint density at radius 2 is 2.00 bits per heavy atom. The molecule has 6 nitrogen and oxygen atoms in total. The molecule has 4 rings (SSSR count). The second-order valence-electron chi connectivity index (χ2n) is 6.45. The van der Waals surface area contributed by atoms with Crippen LogP contribution in [0.3, 0.4) is 0 Å². The average molecular weight is 393 g/mol. The van der Waals surface area contributed by atoms with Crippen molar-refractivity contribution < 1.29 is 14.3 Å². The lowest BCUT2D eigenvalue weighted by atomic mass is 10.1. The number of hydrogen-bond acceptors (Lipinski definition) is 6. The molecule has 1 amide bonds. The van der Waals surface area contributed by atoms with Gasteiger partial charge < -0.3 is 15.0 Å². The number of amides is 1. The van der Waals surface area contributed by atoms with Gasteiger partial charge in [-0.15, -0.1) is 11.3 Å². The van der Waals surface area contributed by atoms with Crippen LogP contribution < -0.4 is 10.2 Å². The second kappa shape index (κ2) is 7.82. The number of rotatable bonds is 4. The van der Waals surface area contributed by atoms with Crippen LogP contribution in [-0.2, 0) is 16.1 Å². The van der Waals surface area contributed by atoms with Gasteiger partial charge in [0, 0.05) is 23.9 Å². The van der Waals surface area contributed by atoms with Crippen molar-refractivity contribution in [1.29, 1.82) is 0 Å². The molecule has 0 aliphatic carbocycles. The van der Waals surface area contributed by atoms with Gasteiger partial charge in [0.2, 0.25) is 5.91 Å². The van der Waals surface area contributed by atoms with E-state index in [1.165, 1.54) is 7.11 Å². The molecular formula is C21H19N3O3S. The summed E-state index contributed by atoms with van der Waals surface area (Å²) in [6.45, 7) is 1.27. The molecule has 2 heterocycles. The number of nitrogens with one attached hydrogen (secondary N) is 1. The Hall–Kier alpha value is -3.19. The predicted octanol–water partition coefficient (Wildman–Crippen LogP) is 3.95. The largest absolute Gasteiger partial charge is 0.465 e. The van der Waals surface area contributed by atoms with Crippen molar-refractivity contribution in [3.05, 3.63) is 65.2 Å². The summed E-state index contributed by atoms with van der Waals surface area (Å²) in [7, 11) is 1.37. The number of aromatic nitrogens is 1. The summed E-state index contributed by atoms with van der Waals surface area (Å²) in [6.07, 6.45) is 0.445. The number of fused-ring (bicyclic) bond motifs is 1. The van der Waals surface area contributed by atoms with E-state index in [9.17, 15) is 9.59 Å². The zero-order valence-electron chi connectivity index (χ0n) is 15.3. The highest BCUT2D eigenvalue weighted by Gasteiger charge is 2.19. The minimum atomic E-state index is -0.352. The van der Waals surface area contributed by atoms with Crippen molar-refractivity contribution in [3.63, 3.8) is 0 Å². The van der Waals surface area contributed by atoms with Crippen molar-refractivity contribution in [1.82, 2.24) is 4.98 Å². The van der Waals surface area contributed by atoms with Crippen LogP contribution >= 0.6 is 11.3 Å². The highest BCUT2D eigenvalue weighted by Crippen LogP contribution is 2.31. The van der Waals surface area contributed by atoms with Gasteiger partial charge in [-0.25, -0.2) is 9.78 Å². The van der Waals surface area contributed by atoms with Crippen LogP contribution in [-0.4, -0.2) is 30.5 Å². The van der Waals surface area contributed by atoms with E-state index in [1.54, 1.807) is 23.5 Å². The van der Waals surface area contributed by atoms with E-state index in [0.29, 0.717) is 25.1 Å². The third kappa shape index (κ3) is 3.75. The quantitative estimate of drug-likeness (QED) is 0.680. The maximum atomic E-state index is 11.9. The van der Waals surface area contributed by atoms with Crippen LogP contribution in [0.15, 0.2) is 53.9 Å². The predicted molar refractivity (Wildman–Crippen MR) is 110 cm³/mol. The summed E-state index contributed by atoms with van der Waals surface area (Å²) in [4.78, 5) is 30.4. The molecule has 1 aliphatic rings. The molecule has 0 saturated heterocycles. The standard InChI is InChI=1S/C21H19N3O3S/c1-27-21(26)15-8-6-14(7-9-15)20-22-16(13-28-20)12-24-11-10-19(25)23-17-4-2-3-5-18(17)24/h2-9,13H,10-12H2,1H3,(H,23,25). The van der Waals surface area contributed by atoms with Gasteiger partial charge in [-0.1, -0.05) is 24.3 Å². The molecule has 0 atom stereocenters. The molecule has 2 aromatic carbocycles. The van der Waals surface area contributed by atoms with Crippen LogP contribution in [0, 0.1) is 0 Å². The number of anilines is 2. The highest BCUT2D eigenvalue weighted by molar-refractivity contribution is 7.13. The van der Waals surface area contributed by atoms with Gasteiger partial charge in [-0.05, 0) is 24.3 Å². The molecule has 0 spiro atoms. The Morgan fingerprint density at radius 1 is 1.21 bits per heavy atom. The maximum Gasteiger partial charge on any atom is 0.337 e. The van der Waals surface area contributed by atoms with Gasteiger partial charge in [0.1, 0.15) is 5.01 Å². The fraction of sp³-hybridized carbons (Fsp3) is 0.190. The van der Waals surface area contributed by atoms with Gasteiger partial charge in [0.15, 0.2) is 0 Å². The first-order chi connectivity index (χ1) is 13.6. The van der Waals surface area contributed by atoms with Crippen LogP contribution in [0.25, 0.3) is 10.6 Å². The van der Waals surface area contributed by atoms with Crippen molar-refractivity contribution in [2.24, 2.45) is 0 Å². The van der Waals surface area contributed by atoms with E-state index in [2.05, 4.69) is 10.2 Å². The lowest BCUT2D eigenvalue weighted by molar-refractivity contribution is -0.115. The van der Waals surface area contributed by atoms with Gasteiger partial charge in [0.25, 0.3) is 0 Å². The molecule has 0 radical (unpaired) electrons. The van der Waals surface area contributed by atoms with E-state index in [4.69, 9.17) is 9.72 Å². The number of ether oxygens (including phenoxy) is 1. The summed E-state index contributed by atoms with van der Waals surface area (Å²) < 4.78 is 4.73. The maximum absolute atomic E-state index is 11.9. The molecule has 1 aliphatic heterocycles. The second-order valence-corrected chi connectivity index (χ2v) is 7.31. The van der Waals surface area contributed by atoms with Crippen molar-refractivity contribution in [3.8, 4) is 10.6 Å². The number of carbonyl (C=O) groups excluding carboxylic acids is 2. The van der Waals surface area contributed by atoms with Crippen LogP contribution in [0.5, 0.6) is 0 Å². The van der Waals surface area contributed by atoms with Crippen LogP contribution in [0.4, 0.5) is 11.4 Å². The molecule has 0 bridgehead atoms. The van der Waals surface area contributed by atoms with Crippen molar-refractivity contribution >= 4 is 34.6 Å². The Bertz CT molecular complexity index is 1010. The molecular weight excluding hydrogens is 374 g/mol. The van der Waals surface area contributed by atoms with E-state index >= 15 is 0 Å². The summed E-state index contributed by atoms with van der Waals surface area (Å²) >= 11 is 1.56. The number of thiazole rings is 1. The van der Waals surface area contributed by atoms with E-state index in [1.807, 2.05) is 41.8 Å². The Labute approximate surface area is 166 Å². The smallest absolute Gasteiger partial charge is 0.337 e. The molecule has 0 unspecified atom stereocenters. The van der Waals surface area contributed by atoms with Gasteiger partial charge in [0.05, 0.1) is 36.3 Å². The van der Waals surface area contributed by atoms with Crippen LogP contribution in [0.1, 0.15) is 22.5 Å². The molecule has 0 saturated carbocycles. The fourth-order valence-corrected chi connectivity index (χ4v) is 3.98. The Balaban J connectivity index is 1.54. The first kappa shape index (κ1) is 18.2. The number of hydrogen-bond donors (Lipinski definition) is 1. The lowest BCUT2D eigenvalue weighted by Crippen LogP contribution is -2.24. The summed E-state index contributed by atoms with van der Waals surface area (Å²) in [5.41, 5.74) is 4.25. The van der Waals surface area contributed by atoms with E-state index in [-0.39, 0.29) is 11.9 Å². The average Bonchev–Trinajstić information content (AvgIpc) is 3.13. The third-order valence-corrected chi connectivity index (χ3v) is 5.53. The highest BCUT2D eigenvalue weighted by atomic mass is 32.1. The van der Waals surface area contributed by atoms with E-state index in [0.717, 1.165) is 27.6 Å². The minimum Gasteiger partial charge on any atom is -0.465 e. The Morgan fingerprint density at radius 3 is 2.79 bits per heavy atom. The number of methoxy groups -OCH3 is 1. The number of carbonyl (C=O) groups is 2. The topological polar surface area (TPSA) is 71.5 Å². The summed E-state index contributed by atoms with van der Waals surface area (Å²) in [5.74, 6) is -0.325. The minimum absolute atomic E-state index is 0.0274. The van der Waals surface area contributed by atoms with Gasteiger partial charge in [-0.3, -0.25) is 4.79 Å². The first-order valence-corrected chi connectivity index (χ1v) is 9.79. The lowest BCUT2D eigenvalue weighted by Gasteiger charge is -2.23. The molecule has 3 aromatic rings. The number of esters is 1. The first-order valence-electron chi connectivity index (χ1n) is 8.91. The van der Waals surface area contributed by atoms with Crippen LogP contribution in [0.2, 0.25) is 0 Å². The molecule has 142 valence electrons. The summed E-state index contributed by atoms with van der Waals surface area (Å²) in [5, 5.41) is 5.88. The number of benzene rings is 2. The van der Waals surface area contributed by atoms with Gasteiger partial charge in [-0.2, -0.15) is 0 Å². The van der Waals surface area contributed by atoms with Crippen molar-refractivity contribution in [2.75, 3.05) is 23.9 Å². The molecule has 7 heteroatoms. The Kier molecular flexibility index (Phi) is 5.08. The normalized spacial score (nSPS) is 13.5. The zero-order chi connectivity index (χ0) is 19.5. The third-order valence-electron chi connectivity index (χ3n) is 4.59. The number of para-hydroxylation sites is 2. The fourth-order valence-electron chi connectivity index (χ4n) is 3.16. The molecule has 28 heavy (non-hydrogen) atoms. The zero-order valence-corrected chi connectivity index (χ0v) is 16.2. The molecule has 1 N–H and O–H groups in total. The molecule has 1 aromatic heterocycles. The van der Waals surface area contributed by atoms with Gasteiger partial charge >= 0.3 is 5.97 Å². The van der Waals surface area contributed by atoms with Crippen molar-refractivity contribution in [2.45, 2.75) is 13.0 Å².